The maximum Gasteiger partial charge on any atom is 0.0991 e. The van der Waals surface area contributed by atoms with Gasteiger partial charge in [-0.05, 0) is 41.7 Å². The normalized spacial score (nSPS) is 19.4. The Hall–Kier alpha value is -2.43. The monoisotopic (exact) mass is 319 g/mol. The molecule has 1 atom stereocenters. The minimum absolute atomic E-state index is 0.122. The van der Waals surface area contributed by atoms with E-state index >= 15 is 0 Å². The molecule has 1 heterocycles. The van der Waals surface area contributed by atoms with Crippen molar-refractivity contribution in [2.45, 2.75) is 24.9 Å². The summed E-state index contributed by atoms with van der Waals surface area (Å²) in [6.07, 6.45) is 7.46. The minimum atomic E-state index is -0.320. The third kappa shape index (κ3) is 2.64. The van der Waals surface area contributed by atoms with Crippen LogP contribution in [-0.2, 0) is 18.5 Å². The molecule has 4 nitrogen and oxygen atoms in total. The number of aliphatic hydroxyl groups is 1. The molecule has 122 valence electrons. The van der Waals surface area contributed by atoms with Gasteiger partial charge in [-0.15, -0.1) is 0 Å². The Morgan fingerprint density at radius 2 is 1.96 bits per heavy atom. The summed E-state index contributed by atoms with van der Waals surface area (Å²) in [5, 5.41) is 13.6. The van der Waals surface area contributed by atoms with Crippen LogP contribution in [0.4, 0.5) is 0 Å². The van der Waals surface area contributed by atoms with E-state index in [-0.39, 0.29) is 12.1 Å². The molecule has 0 spiro atoms. The van der Waals surface area contributed by atoms with Gasteiger partial charge in [-0.3, -0.25) is 0 Å². The molecule has 3 aromatic rings. The van der Waals surface area contributed by atoms with Crippen molar-refractivity contribution in [3.8, 4) is 5.69 Å². The minimum Gasteiger partial charge on any atom is -0.394 e. The Kier molecular flexibility index (Phi) is 3.92. The lowest BCUT2D eigenvalue weighted by Gasteiger charge is -2.30. The van der Waals surface area contributed by atoms with Gasteiger partial charge in [-0.25, -0.2) is 4.98 Å². The van der Waals surface area contributed by atoms with Crippen LogP contribution in [0.25, 0.3) is 5.69 Å². The first-order valence-electron chi connectivity index (χ1n) is 8.32. The molecule has 0 unspecified atom stereocenters. The molecule has 0 saturated heterocycles. The van der Waals surface area contributed by atoms with Crippen LogP contribution in [-0.4, -0.2) is 21.3 Å². The van der Waals surface area contributed by atoms with Gasteiger partial charge in [0.25, 0.3) is 0 Å². The van der Waals surface area contributed by atoms with E-state index in [9.17, 15) is 5.11 Å². The average molecular weight is 319 g/mol. The molecule has 4 heteroatoms. The maximum atomic E-state index is 10.0. The molecule has 0 saturated carbocycles. The van der Waals surface area contributed by atoms with Gasteiger partial charge in [0, 0.05) is 24.6 Å². The second kappa shape index (κ2) is 6.23. The number of aryl methyl sites for hydroxylation is 1. The Labute approximate surface area is 141 Å². The number of aromatic nitrogens is 2. The smallest absolute Gasteiger partial charge is 0.0991 e. The van der Waals surface area contributed by atoms with Crippen LogP contribution < -0.4 is 5.32 Å². The fraction of sp³-hybridized carbons (Fsp3) is 0.250. The molecule has 24 heavy (non-hydrogen) atoms. The van der Waals surface area contributed by atoms with E-state index in [0.29, 0.717) is 0 Å². The number of rotatable bonds is 5. The van der Waals surface area contributed by atoms with Gasteiger partial charge in [0.05, 0.1) is 18.5 Å². The quantitative estimate of drug-likeness (QED) is 0.760. The van der Waals surface area contributed by atoms with E-state index in [1.807, 2.05) is 10.8 Å². The highest BCUT2D eigenvalue weighted by molar-refractivity contribution is 5.39. The highest BCUT2D eigenvalue weighted by atomic mass is 16.3. The fourth-order valence-electron chi connectivity index (χ4n) is 3.56. The van der Waals surface area contributed by atoms with Crippen molar-refractivity contribution in [3.63, 3.8) is 0 Å². The average Bonchev–Trinajstić information content (AvgIpc) is 3.29. The molecule has 2 aromatic carbocycles. The van der Waals surface area contributed by atoms with E-state index in [1.165, 1.54) is 16.7 Å². The zero-order chi connectivity index (χ0) is 16.4. The predicted molar refractivity (Wildman–Crippen MR) is 93.9 cm³/mol. The lowest BCUT2D eigenvalue weighted by Crippen LogP contribution is -2.43. The summed E-state index contributed by atoms with van der Waals surface area (Å²) in [5.74, 6) is 0. The number of benzene rings is 2. The molecule has 2 N–H and O–H groups in total. The molecule has 1 aliphatic rings. The Morgan fingerprint density at radius 1 is 1.12 bits per heavy atom. The van der Waals surface area contributed by atoms with E-state index in [0.717, 1.165) is 25.1 Å². The Balaban J connectivity index is 1.50. The fourth-order valence-corrected chi connectivity index (χ4v) is 3.56. The summed E-state index contributed by atoms with van der Waals surface area (Å²) >= 11 is 0. The van der Waals surface area contributed by atoms with Crippen LogP contribution in [0.2, 0.25) is 0 Å². The summed E-state index contributed by atoms with van der Waals surface area (Å²) in [4.78, 5) is 4.07. The second-order valence-corrected chi connectivity index (χ2v) is 6.39. The summed E-state index contributed by atoms with van der Waals surface area (Å²) in [6.45, 7) is 0.857. The number of fused-ring (bicyclic) bond motifs is 1. The molecule has 0 fully saturated rings. The van der Waals surface area contributed by atoms with Gasteiger partial charge < -0.3 is 15.0 Å². The molecule has 4 rings (SSSR count). The molecular formula is C20H21N3O. The summed E-state index contributed by atoms with van der Waals surface area (Å²) in [7, 11) is 0. The molecule has 0 bridgehead atoms. The Bertz CT molecular complexity index is 811. The third-order valence-corrected chi connectivity index (χ3v) is 4.99. The van der Waals surface area contributed by atoms with Crippen molar-refractivity contribution in [1.82, 2.24) is 14.9 Å². The molecule has 0 radical (unpaired) electrons. The van der Waals surface area contributed by atoms with E-state index in [4.69, 9.17) is 0 Å². The molecule has 1 aliphatic carbocycles. The number of nitrogens with one attached hydrogen (secondary N) is 1. The van der Waals surface area contributed by atoms with Gasteiger partial charge in [0.1, 0.15) is 0 Å². The summed E-state index contributed by atoms with van der Waals surface area (Å²) in [6, 6.07) is 16.8. The third-order valence-electron chi connectivity index (χ3n) is 4.99. The van der Waals surface area contributed by atoms with E-state index < -0.39 is 0 Å². The van der Waals surface area contributed by atoms with Crippen molar-refractivity contribution in [3.05, 3.63) is 83.9 Å². The zero-order valence-electron chi connectivity index (χ0n) is 13.5. The van der Waals surface area contributed by atoms with Crippen LogP contribution in [0.1, 0.15) is 23.1 Å². The van der Waals surface area contributed by atoms with Gasteiger partial charge in [0.15, 0.2) is 0 Å². The zero-order valence-corrected chi connectivity index (χ0v) is 13.5. The first kappa shape index (κ1) is 15.1. The standard InChI is InChI=1S/C20H21N3O/c24-14-20(10-9-17-3-1-2-4-19(17)20)22-13-16-5-7-18(8-6-16)23-12-11-21-15-23/h1-8,11-12,15,22,24H,9-10,13-14H2/t20-/m0/s1. The van der Waals surface area contributed by atoms with E-state index in [1.54, 1.807) is 12.5 Å². The van der Waals surface area contributed by atoms with Gasteiger partial charge >= 0.3 is 0 Å². The van der Waals surface area contributed by atoms with Crippen LogP contribution in [0, 0.1) is 0 Å². The van der Waals surface area contributed by atoms with Gasteiger partial charge in [-0.2, -0.15) is 0 Å². The maximum absolute atomic E-state index is 10.0. The van der Waals surface area contributed by atoms with Crippen LogP contribution in [0.5, 0.6) is 0 Å². The van der Waals surface area contributed by atoms with Gasteiger partial charge in [-0.1, -0.05) is 36.4 Å². The van der Waals surface area contributed by atoms with Crippen LogP contribution >= 0.6 is 0 Å². The lowest BCUT2D eigenvalue weighted by molar-refractivity contribution is 0.159. The van der Waals surface area contributed by atoms with Crippen molar-refractivity contribution in [2.24, 2.45) is 0 Å². The topological polar surface area (TPSA) is 50.1 Å². The number of hydrogen-bond donors (Lipinski definition) is 2. The molecular weight excluding hydrogens is 298 g/mol. The largest absolute Gasteiger partial charge is 0.394 e. The predicted octanol–water partition coefficient (Wildman–Crippen LogP) is 2.80. The van der Waals surface area contributed by atoms with E-state index in [2.05, 4.69) is 58.8 Å². The summed E-state index contributed by atoms with van der Waals surface area (Å²) in [5.41, 5.74) is 4.56. The van der Waals surface area contributed by atoms with Crippen LogP contribution in [0.3, 0.4) is 0 Å². The Morgan fingerprint density at radius 3 is 2.71 bits per heavy atom. The second-order valence-electron chi connectivity index (χ2n) is 6.39. The lowest BCUT2D eigenvalue weighted by atomic mass is 9.92. The molecule has 0 amide bonds. The first-order chi connectivity index (χ1) is 11.8. The number of aliphatic hydroxyl groups excluding tert-OH is 1. The highest BCUT2D eigenvalue weighted by Crippen LogP contribution is 2.36. The van der Waals surface area contributed by atoms with Crippen molar-refractivity contribution >= 4 is 0 Å². The molecule has 0 aliphatic heterocycles. The summed E-state index contributed by atoms with van der Waals surface area (Å²) < 4.78 is 1.99. The first-order valence-corrected chi connectivity index (χ1v) is 8.32. The number of hydrogen-bond acceptors (Lipinski definition) is 3. The van der Waals surface area contributed by atoms with Gasteiger partial charge in [0.2, 0.25) is 0 Å². The highest BCUT2D eigenvalue weighted by Gasteiger charge is 2.37. The molecule has 1 aromatic heterocycles. The number of nitrogens with zero attached hydrogens (tertiary/aromatic N) is 2. The van der Waals surface area contributed by atoms with Crippen LogP contribution in [0.15, 0.2) is 67.3 Å². The van der Waals surface area contributed by atoms with Crippen molar-refractivity contribution in [2.75, 3.05) is 6.61 Å². The van der Waals surface area contributed by atoms with Crippen molar-refractivity contribution < 1.29 is 5.11 Å². The SMILES string of the molecule is OC[C@@]1(NCc2ccc(-n3ccnc3)cc2)CCc2ccccc21. The van der Waals surface area contributed by atoms with Crippen molar-refractivity contribution in [1.29, 1.82) is 0 Å². The number of imidazole rings is 1.